The Balaban J connectivity index is 1.75. The molecule has 1 saturated carbocycles. The smallest absolute Gasteiger partial charge is 0.297 e. The lowest BCUT2D eigenvalue weighted by molar-refractivity contribution is -0.154. The van der Waals surface area contributed by atoms with Gasteiger partial charge in [-0.05, 0) is 32.9 Å². The molecule has 2 amide bonds. The molecule has 0 unspecified atom stereocenters. The second-order valence-corrected chi connectivity index (χ2v) is 9.15. The Labute approximate surface area is 196 Å². The van der Waals surface area contributed by atoms with Crippen molar-refractivity contribution in [2.75, 3.05) is 44.1 Å². The average Bonchev–Trinajstić information content (AvgIpc) is 3.49. The van der Waals surface area contributed by atoms with Gasteiger partial charge in [-0.1, -0.05) is 25.7 Å². The van der Waals surface area contributed by atoms with Gasteiger partial charge in [0.2, 0.25) is 18.1 Å². The number of nitrogens with zero attached hydrogens (tertiary/aromatic N) is 5. The molecule has 1 saturated heterocycles. The number of carbonyl (C=O) groups is 2. The third-order valence-corrected chi connectivity index (χ3v) is 6.54. The van der Waals surface area contributed by atoms with E-state index in [9.17, 15) is 23.6 Å². The topological polar surface area (TPSA) is 114 Å². The number of rotatable bonds is 11. The lowest BCUT2D eigenvalue weighted by Crippen LogP contribution is -2.41. The van der Waals surface area contributed by atoms with E-state index in [0.717, 1.165) is 32.1 Å². The van der Waals surface area contributed by atoms with Crippen molar-refractivity contribution in [2.24, 2.45) is 11.8 Å². The second kappa shape index (κ2) is 11.6. The minimum absolute atomic E-state index is 0.121. The molecule has 2 aliphatic rings. The van der Waals surface area contributed by atoms with Crippen LogP contribution in [0.25, 0.3) is 0 Å². The van der Waals surface area contributed by atoms with Gasteiger partial charge >= 0.3 is 0 Å². The van der Waals surface area contributed by atoms with Crippen molar-refractivity contribution in [1.82, 2.24) is 25.4 Å². The number of carbonyl (C=O) groups excluding carboxylic acids is 2. The van der Waals surface area contributed by atoms with E-state index in [2.05, 4.69) is 20.8 Å². The number of amides is 2. The van der Waals surface area contributed by atoms with Gasteiger partial charge in [0.1, 0.15) is 0 Å². The predicted molar refractivity (Wildman–Crippen MR) is 118 cm³/mol. The maximum absolute atomic E-state index is 15.2. The summed E-state index contributed by atoms with van der Waals surface area (Å²) in [6.07, 6.45) is 2.28. The van der Waals surface area contributed by atoms with E-state index in [1.165, 1.54) is 0 Å². The first-order chi connectivity index (χ1) is 16.2. The summed E-state index contributed by atoms with van der Waals surface area (Å²) in [5, 5.41) is 9.97. The number of anilines is 2. The van der Waals surface area contributed by atoms with Gasteiger partial charge < -0.3 is 9.80 Å². The lowest BCUT2D eigenvalue weighted by Gasteiger charge is -2.24. The van der Waals surface area contributed by atoms with E-state index in [4.69, 9.17) is 0 Å². The highest BCUT2D eigenvalue weighted by Crippen LogP contribution is 2.31. The molecule has 0 bridgehead atoms. The van der Waals surface area contributed by atoms with Crippen LogP contribution in [0.4, 0.5) is 24.8 Å². The summed E-state index contributed by atoms with van der Waals surface area (Å²) in [7, 11) is 3.77. The number of hydroxylamine groups is 2. The van der Waals surface area contributed by atoms with Crippen LogP contribution in [-0.2, 0) is 9.59 Å². The van der Waals surface area contributed by atoms with Crippen molar-refractivity contribution in [3.63, 3.8) is 0 Å². The van der Waals surface area contributed by atoms with Crippen LogP contribution in [0.5, 0.6) is 0 Å². The number of hydrogen-bond acceptors (Lipinski definition) is 8. The Morgan fingerprint density at radius 3 is 2.56 bits per heavy atom. The maximum atomic E-state index is 15.2. The van der Waals surface area contributed by atoms with Crippen LogP contribution in [0, 0.1) is 17.7 Å². The molecule has 2 heterocycles. The van der Waals surface area contributed by atoms with E-state index in [1.807, 2.05) is 19.0 Å². The number of halogens is 3. The summed E-state index contributed by atoms with van der Waals surface area (Å²) in [4.78, 5) is 34.5. The molecular weight excluding hydrogens is 455 g/mol. The first kappa shape index (κ1) is 25.9. The molecule has 1 aliphatic carbocycles. The Kier molecular flexibility index (Phi) is 8.89. The molecular formula is C21H32F3N7O3. The quantitative estimate of drug-likeness (QED) is 0.247. The van der Waals surface area contributed by atoms with Crippen molar-refractivity contribution in [2.45, 2.75) is 51.0 Å². The van der Waals surface area contributed by atoms with Crippen LogP contribution in [0.15, 0.2) is 0 Å². The van der Waals surface area contributed by atoms with Gasteiger partial charge in [0, 0.05) is 19.1 Å². The van der Waals surface area contributed by atoms with Crippen LogP contribution < -0.4 is 15.8 Å². The first-order valence-electron chi connectivity index (χ1n) is 11.4. The molecule has 2 fully saturated rings. The van der Waals surface area contributed by atoms with Gasteiger partial charge in [0.15, 0.2) is 17.5 Å². The van der Waals surface area contributed by atoms with Crippen molar-refractivity contribution in [3.8, 4) is 0 Å². The number of aromatic nitrogens is 2. The number of hydrogen-bond donors (Lipinski definition) is 3. The normalized spacial score (nSPS) is 19.6. The van der Waals surface area contributed by atoms with Gasteiger partial charge in [0.05, 0.1) is 12.5 Å². The number of alkyl halides is 2. The summed E-state index contributed by atoms with van der Waals surface area (Å²) in [5.74, 6) is -3.75. The SMILES string of the molecule is CN(C)[C@@H]1CCN(c2nc(C(F)F)nc(NNC(=O)[C@@H](CC3CCCC3)CN(O)C=O)c2F)C1. The van der Waals surface area contributed by atoms with Crippen LogP contribution in [0.1, 0.15) is 50.8 Å². The highest BCUT2D eigenvalue weighted by molar-refractivity contribution is 5.80. The third kappa shape index (κ3) is 6.47. The van der Waals surface area contributed by atoms with Crippen molar-refractivity contribution in [3.05, 3.63) is 11.6 Å². The van der Waals surface area contributed by atoms with E-state index in [-0.39, 0.29) is 30.7 Å². The fourth-order valence-corrected chi connectivity index (χ4v) is 4.60. The predicted octanol–water partition coefficient (Wildman–Crippen LogP) is 2.18. The van der Waals surface area contributed by atoms with Gasteiger partial charge in [-0.2, -0.15) is 4.39 Å². The van der Waals surface area contributed by atoms with Gasteiger partial charge in [0.25, 0.3) is 6.43 Å². The molecule has 0 spiro atoms. The van der Waals surface area contributed by atoms with Gasteiger partial charge in [-0.3, -0.25) is 25.6 Å². The zero-order valence-electron chi connectivity index (χ0n) is 19.4. The first-order valence-corrected chi connectivity index (χ1v) is 11.4. The maximum Gasteiger partial charge on any atom is 0.297 e. The Morgan fingerprint density at radius 2 is 1.97 bits per heavy atom. The van der Waals surface area contributed by atoms with E-state index in [1.54, 1.807) is 4.90 Å². The van der Waals surface area contributed by atoms with Crippen LogP contribution in [-0.4, -0.2) is 77.2 Å². The standard InChI is InChI=1S/C21H32F3N7O3/c1-29(2)15-7-8-30(11-15)20-16(22)18(25-19(26-20)17(23)24)27-28-21(33)14(10-31(34)12-32)9-13-5-3-4-6-13/h12-15,17,34H,3-11H2,1-2H3,(H,28,33)(H,25,26,27)/t14-,15+/m0/s1. The monoisotopic (exact) mass is 487 g/mol. The molecule has 1 aromatic rings. The Bertz CT molecular complexity index is 855. The Morgan fingerprint density at radius 1 is 1.26 bits per heavy atom. The highest BCUT2D eigenvalue weighted by atomic mass is 19.3. The van der Waals surface area contributed by atoms with Crippen molar-refractivity contribution < 1.29 is 28.0 Å². The third-order valence-electron chi connectivity index (χ3n) is 6.54. The van der Waals surface area contributed by atoms with Crippen molar-refractivity contribution in [1.29, 1.82) is 0 Å². The van der Waals surface area contributed by atoms with Crippen LogP contribution in [0.3, 0.4) is 0 Å². The average molecular weight is 488 g/mol. The molecule has 190 valence electrons. The second-order valence-electron chi connectivity index (χ2n) is 9.15. The van der Waals surface area contributed by atoms with E-state index in [0.29, 0.717) is 24.6 Å². The number of hydrazine groups is 1. The molecule has 1 aromatic heterocycles. The molecule has 0 radical (unpaired) electrons. The molecule has 13 heteroatoms. The fourth-order valence-electron chi connectivity index (χ4n) is 4.60. The van der Waals surface area contributed by atoms with E-state index >= 15 is 4.39 Å². The minimum Gasteiger partial charge on any atom is -0.352 e. The van der Waals surface area contributed by atoms with Crippen molar-refractivity contribution >= 4 is 24.0 Å². The molecule has 2 atom stereocenters. The molecule has 3 N–H and O–H groups in total. The number of likely N-dealkylation sites (N-methyl/N-ethyl adjacent to an activating group) is 1. The summed E-state index contributed by atoms with van der Waals surface area (Å²) in [6, 6.07) is 0.121. The zero-order chi connectivity index (χ0) is 24.8. The van der Waals surface area contributed by atoms with Gasteiger partial charge in [-0.25, -0.2) is 23.8 Å². The fraction of sp³-hybridized carbons (Fsp3) is 0.714. The summed E-state index contributed by atoms with van der Waals surface area (Å²) in [6.45, 7) is 0.608. The minimum atomic E-state index is -3.03. The molecule has 1 aliphatic heterocycles. The van der Waals surface area contributed by atoms with E-state index < -0.39 is 35.7 Å². The Hall–Kier alpha value is -2.67. The molecule has 0 aromatic carbocycles. The van der Waals surface area contributed by atoms with Gasteiger partial charge in [-0.15, -0.1) is 0 Å². The molecule has 10 nitrogen and oxygen atoms in total. The molecule has 3 rings (SSSR count). The number of nitrogens with one attached hydrogen (secondary N) is 2. The summed E-state index contributed by atoms with van der Waals surface area (Å²) < 4.78 is 42.1. The highest BCUT2D eigenvalue weighted by Gasteiger charge is 2.31. The molecule has 34 heavy (non-hydrogen) atoms. The zero-order valence-corrected chi connectivity index (χ0v) is 19.4. The van der Waals surface area contributed by atoms with Crippen LogP contribution >= 0.6 is 0 Å². The largest absolute Gasteiger partial charge is 0.352 e. The summed E-state index contributed by atoms with van der Waals surface area (Å²) >= 11 is 0. The lowest BCUT2D eigenvalue weighted by atomic mass is 9.92. The van der Waals surface area contributed by atoms with Crippen LogP contribution in [0.2, 0.25) is 0 Å². The summed E-state index contributed by atoms with van der Waals surface area (Å²) in [5.41, 5.74) is 4.63.